The molecule has 2 unspecified atom stereocenters. The van der Waals surface area contributed by atoms with Crippen molar-refractivity contribution in [2.75, 3.05) is 13.2 Å². The quantitative estimate of drug-likeness (QED) is 0.742. The zero-order valence-corrected chi connectivity index (χ0v) is 11.6. The molecule has 0 saturated carbocycles. The van der Waals surface area contributed by atoms with Crippen LogP contribution in [0.4, 0.5) is 4.39 Å². The van der Waals surface area contributed by atoms with Gasteiger partial charge in [0.2, 0.25) is 0 Å². The second kappa shape index (κ2) is 6.60. The van der Waals surface area contributed by atoms with Crippen LogP contribution in [0.3, 0.4) is 0 Å². The summed E-state index contributed by atoms with van der Waals surface area (Å²) in [5.41, 5.74) is 0. The van der Waals surface area contributed by atoms with Crippen molar-refractivity contribution in [2.24, 2.45) is 11.8 Å². The van der Waals surface area contributed by atoms with Crippen molar-refractivity contribution >= 4 is 0 Å². The molecule has 0 aromatic heterocycles. The van der Waals surface area contributed by atoms with Crippen LogP contribution in [0.2, 0.25) is 0 Å². The van der Waals surface area contributed by atoms with E-state index in [1.165, 1.54) is 12.5 Å². The largest absolute Gasteiger partial charge is 0.493 e. The minimum atomic E-state index is -0.368. The SMILES string of the molecule is CCOc1ccc(OCC2C=CC(C)CC2)cc1F. The van der Waals surface area contributed by atoms with Crippen LogP contribution in [0.15, 0.2) is 30.4 Å². The van der Waals surface area contributed by atoms with Crippen LogP contribution < -0.4 is 9.47 Å². The van der Waals surface area contributed by atoms with E-state index in [1.807, 2.05) is 6.92 Å². The highest BCUT2D eigenvalue weighted by molar-refractivity contribution is 5.33. The molecule has 0 amide bonds. The Hall–Kier alpha value is -1.51. The first-order valence-corrected chi connectivity index (χ1v) is 6.92. The van der Waals surface area contributed by atoms with Crippen LogP contribution in [-0.4, -0.2) is 13.2 Å². The third kappa shape index (κ3) is 3.98. The van der Waals surface area contributed by atoms with Crippen LogP contribution >= 0.6 is 0 Å². The Balaban J connectivity index is 1.89. The first-order chi connectivity index (χ1) is 9.19. The minimum Gasteiger partial charge on any atom is -0.493 e. The van der Waals surface area contributed by atoms with E-state index in [4.69, 9.17) is 9.47 Å². The van der Waals surface area contributed by atoms with Gasteiger partial charge in [-0.05, 0) is 37.8 Å². The average molecular weight is 264 g/mol. The summed E-state index contributed by atoms with van der Waals surface area (Å²) in [6.07, 6.45) is 6.77. The molecule has 0 N–H and O–H groups in total. The molecule has 2 atom stereocenters. The number of ether oxygens (including phenoxy) is 2. The van der Waals surface area contributed by atoms with Gasteiger partial charge < -0.3 is 9.47 Å². The highest BCUT2D eigenvalue weighted by Crippen LogP contribution is 2.25. The van der Waals surface area contributed by atoms with Gasteiger partial charge in [0, 0.05) is 12.0 Å². The van der Waals surface area contributed by atoms with E-state index in [2.05, 4.69) is 19.1 Å². The highest BCUT2D eigenvalue weighted by Gasteiger charge is 2.13. The van der Waals surface area contributed by atoms with Crippen LogP contribution in [0.1, 0.15) is 26.7 Å². The maximum atomic E-state index is 13.6. The van der Waals surface area contributed by atoms with E-state index in [9.17, 15) is 4.39 Å². The first-order valence-electron chi connectivity index (χ1n) is 6.92. The summed E-state index contributed by atoms with van der Waals surface area (Å²) >= 11 is 0. The van der Waals surface area contributed by atoms with Gasteiger partial charge in [-0.2, -0.15) is 0 Å². The van der Waals surface area contributed by atoms with Crippen molar-refractivity contribution in [3.05, 3.63) is 36.2 Å². The summed E-state index contributed by atoms with van der Waals surface area (Å²) in [5.74, 6) is 1.58. The first kappa shape index (κ1) is 13.9. The normalized spacial score (nSPS) is 22.3. The third-order valence-electron chi connectivity index (χ3n) is 3.37. The van der Waals surface area contributed by atoms with Crippen molar-refractivity contribution in [2.45, 2.75) is 26.7 Å². The molecule has 1 aromatic carbocycles. The maximum absolute atomic E-state index is 13.6. The van der Waals surface area contributed by atoms with E-state index in [0.29, 0.717) is 30.8 Å². The molecular formula is C16H21FO2. The van der Waals surface area contributed by atoms with Crippen molar-refractivity contribution in [3.8, 4) is 11.5 Å². The fourth-order valence-electron chi connectivity index (χ4n) is 2.20. The number of benzene rings is 1. The molecule has 1 aliphatic carbocycles. The molecule has 2 nitrogen and oxygen atoms in total. The summed E-state index contributed by atoms with van der Waals surface area (Å²) in [5, 5.41) is 0. The Morgan fingerprint density at radius 2 is 2.05 bits per heavy atom. The summed E-state index contributed by atoms with van der Waals surface area (Å²) < 4.78 is 24.4. The molecule has 0 saturated heterocycles. The van der Waals surface area contributed by atoms with Crippen molar-refractivity contribution < 1.29 is 13.9 Å². The molecule has 2 rings (SSSR count). The molecule has 19 heavy (non-hydrogen) atoms. The van der Waals surface area contributed by atoms with E-state index in [1.54, 1.807) is 12.1 Å². The molecular weight excluding hydrogens is 243 g/mol. The topological polar surface area (TPSA) is 18.5 Å². The van der Waals surface area contributed by atoms with Crippen LogP contribution in [0.5, 0.6) is 11.5 Å². The Labute approximate surface area is 114 Å². The highest BCUT2D eigenvalue weighted by atomic mass is 19.1. The number of halogens is 1. The second-order valence-corrected chi connectivity index (χ2v) is 5.04. The van der Waals surface area contributed by atoms with Gasteiger partial charge in [0.15, 0.2) is 11.6 Å². The van der Waals surface area contributed by atoms with E-state index in [-0.39, 0.29) is 11.6 Å². The number of hydrogen-bond acceptors (Lipinski definition) is 2. The number of hydrogen-bond donors (Lipinski definition) is 0. The summed E-state index contributed by atoms with van der Waals surface area (Å²) in [7, 11) is 0. The Morgan fingerprint density at radius 3 is 2.68 bits per heavy atom. The van der Waals surface area contributed by atoms with Crippen molar-refractivity contribution in [1.82, 2.24) is 0 Å². The predicted octanol–water partition coefficient (Wildman–Crippen LogP) is 4.21. The summed E-state index contributed by atoms with van der Waals surface area (Å²) in [6.45, 7) is 5.12. The lowest BCUT2D eigenvalue weighted by Gasteiger charge is -2.20. The van der Waals surface area contributed by atoms with Crippen LogP contribution in [0, 0.1) is 17.7 Å². The van der Waals surface area contributed by atoms with Gasteiger partial charge in [0.1, 0.15) is 5.75 Å². The molecule has 0 heterocycles. The van der Waals surface area contributed by atoms with Crippen molar-refractivity contribution in [3.63, 3.8) is 0 Å². The zero-order valence-electron chi connectivity index (χ0n) is 11.6. The van der Waals surface area contributed by atoms with Gasteiger partial charge in [-0.3, -0.25) is 0 Å². The second-order valence-electron chi connectivity index (χ2n) is 5.04. The van der Waals surface area contributed by atoms with Gasteiger partial charge >= 0.3 is 0 Å². The predicted molar refractivity (Wildman–Crippen MR) is 74.1 cm³/mol. The lowest BCUT2D eigenvalue weighted by Crippen LogP contribution is -2.14. The van der Waals surface area contributed by atoms with Crippen molar-refractivity contribution in [1.29, 1.82) is 0 Å². The molecule has 104 valence electrons. The van der Waals surface area contributed by atoms with Gasteiger partial charge in [0.25, 0.3) is 0 Å². The molecule has 1 aromatic rings. The van der Waals surface area contributed by atoms with Gasteiger partial charge in [-0.15, -0.1) is 0 Å². The maximum Gasteiger partial charge on any atom is 0.168 e. The fourth-order valence-corrected chi connectivity index (χ4v) is 2.20. The lowest BCUT2D eigenvalue weighted by molar-refractivity contribution is 0.255. The average Bonchev–Trinajstić information content (AvgIpc) is 2.41. The molecule has 0 fully saturated rings. The van der Waals surface area contributed by atoms with E-state index >= 15 is 0 Å². The van der Waals surface area contributed by atoms with Gasteiger partial charge in [-0.1, -0.05) is 19.1 Å². The Bertz CT molecular complexity index is 442. The molecule has 3 heteroatoms. The third-order valence-corrected chi connectivity index (χ3v) is 3.37. The van der Waals surface area contributed by atoms with Crippen LogP contribution in [0.25, 0.3) is 0 Å². The smallest absolute Gasteiger partial charge is 0.168 e. The Kier molecular flexibility index (Phi) is 4.83. The monoisotopic (exact) mass is 264 g/mol. The summed E-state index contributed by atoms with van der Waals surface area (Å²) in [4.78, 5) is 0. The Morgan fingerprint density at radius 1 is 1.21 bits per heavy atom. The zero-order chi connectivity index (χ0) is 13.7. The molecule has 0 bridgehead atoms. The number of allylic oxidation sites excluding steroid dienone is 1. The summed E-state index contributed by atoms with van der Waals surface area (Å²) in [6, 6.07) is 4.76. The molecule has 0 spiro atoms. The van der Waals surface area contributed by atoms with Gasteiger partial charge in [0.05, 0.1) is 13.2 Å². The fraction of sp³-hybridized carbons (Fsp3) is 0.500. The lowest BCUT2D eigenvalue weighted by atomic mass is 9.90. The van der Waals surface area contributed by atoms with E-state index in [0.717, 1.165) is 6.42 Å². The standard InChI is InChI=1S/C16H21FO2/c1-3-18-16-9-8-14(10-15(16)17)19-11-13-6-4-12(2)5-7-13/h4,6,8-10,12-13H,3,5,7,11H2,1-2H3. The van der Waals surface area contributed by atoms with E-state index < -0.39 is 0 Å². The number of rotatable bonds is 5. The molecule has 0 aliphatic heterocycles. The van der Waals surface area contributed by atoms with Crippen LogP contribution in [-0.2, 0) is 0 Å². The minimum absolute atomic E-state index is 0.279. The molecule has 1 aliphatic rings. The molecule has 0 radical (unpaired) electrons. The van der Waals surface area contributed by atoms with Gasteiger partial charge in [-0.25, -0.2) is 4.39 Å².